The molecule has 0 bridgehead atoms. The number of rotatable bonds is 4. The minimum Gasteiger partial charge on any atom is -0.322 e. The van der Waals surface area contributed by atoms with Crippen molar-refractivity contribution in [2.24, 2.45) is 7.05 Å². The third kappa shape index (κ3) is 3.41. The van der Waals surface area contributed by atoms with E-state index in [2.05, 4.69) is 35.9 Å². The van der Waals surface area contributed by atoms with Gasteiger partial charge in [0.2, 0.25) is 0 Å². The summed E-state index contributed by atoms with van der Waals surface area (Å²) in [6.07, 6.45) is 0. The van der Waals surface area contributed by atoms with Gasteiger partial charge in [-0.3, -0.25) is 0 Å². The van der Waals surface area contributed by atoms with Gasteiger partial charge in [-0.2, -0.15) is 0 Å². The number of benzene rings is 3. The van der Waals surface area contributed by atoms with Crippen molar-refractivity contribution >= 4 is 23.4 Å². The highest BCUT2D eigenvalue weighted by atomic mass is 35.5. The maximum atomic E-state index is 6.03. The zero-order valence-corrected chi connectivity index (χ0v) is 15.8. The minimum atomic E-state index is 0.743. The van der Waals surface area contributed by atoms with Gasteiger partial charge in [-0.15, -0.1) is 0 Å². The summed E-state index contributed by atoms with van der Waals surface area (Å²) in [5, 5.41) is 1.85. The quantitative estimate of drug-likeness (QED) is 0.401. The monoisotopic (exact) mass is 376 g/mol. The van der Waals surface area contributed by atoms with Crippen LogP contribution in [0.15, 0.2) is 94.9 Å². The Hall–Kier alpha value is -2.49. The Bertz CT molecular complexity index is 1010. The van der Waals surface area contributed by atoms with Crippen molar-refractivity contribution in [2.45, 2.75) is 9.92 Å². The molecule has 0 saturated carbocycles. The molecule has 0 fully saturated rings. The maximum Gasteiger partial charge on any atom is 0.141 e. The molecule has 0 aliphatic rings. The van der Waals surface area contributed by atoms with Gasteiger partial charge in [0.15, 0.2) is 0 Å². The van der Waals surface area contributed by atoms with Crippen LogP contribution in [0.5, 0.6) is 0 Å². The van der Waals surface area contributed by atoms with Gasteiger partial charge in [0.25, 0.3) is 0 Å². The van der Waals surface area contributed by atoms with Crippen molar-refractivity contribution in [3.05, 3.63) is 90.0 Å². The van der Waals surface area contributed by atoms with Crippen molar-refractivity contribution in [2.75, 3.05) is 0 Å². The standard InChI is InChI=1S/C22H17ClN2S/c1-25-21(17-10-6-3-7-11-17)24-20(16-8-4-2-5-9-16)22(25)26-19-14-12-18(23)13-15-19/h2-15H,1H3. The van der Waals surface area contributed by atoms with E-state index in [1.807, 2.05) is 60.7 Å². The fourth-order valence-electron chi connectivity index (χ4n) is 2.84. The Morgan fingerprint density at radius 3 is 1.96 bits per heavy atom. The number of hydrogen-bond acceptors (Lipinski definition) is 2. The van der Waals surface area contributed by atoms with E-state index >= 15 is 0 Å². The van der Waals surface area contributed by atoms with E-state index in [1.54, 1.807) is 11.8 Å². The van der Waals surface area contributed by atoms with Gasteiger partial charge < -0.3 is 4.57 Å². The highest BCUT2D eigenvalue weighted by Gasteiger charge is 2.18. The minimum absolute atomic E-state index is 0.743. The summed E-state index contributed by atoms with van der Waals surface area (Å²) < 4.78 is 2.16. The van der Waals surface area contributed by atoms with Crippen LogP contribution in [-0.2, 0) is 7.05 Å². The van der Waals surface area contributed by atoms with Gasteiger partial charge in [0, 0.05) is 28.1 Å². The fraction of sp³-hybridized carbons (Fsp3) is 0.0455. The second-order valence-electron chi connectivity index (χ2n) is 5.94. The molecule has 4 rings (SSSR count). The van der Waals surface area contributed by atoms with Crippen molar-refractivity contribution in [3.8, 4) is 22.6 Å². The summed E-state index contributed by atoms with van der Waals surface area (Å²) in [4.78, 5) is 6.11. The lowest BCUT2D eigenvalue weighted by atomic mass is 10.2. The van der Waals surface area contributed by atoms with Crippen molar-refractivity contribution in [3.63, 3.8) is 0 Å². The third-order valence-electron chi connectivity index (χ3n) is 4.15. The van der Waals surface area contributed by atoms with Crippen LogP contribution in [-0.4, -0.2) is 9.55 Å². The van der Waals surface area contributed by atoms with Crippen LogP contribution in [0, 0.1) is 0 Å². The lowest BCUT2D eigenvalue weighted by molar-refractivity contribution is 0.835. The summed E-state index contributed by atoms with van der Waals surface area (Å²) in [6.45, 7) is 0. The molecule has 0 saturated heterocycles. The molecule has 128 valence electrons. The molecule has 4 heteroatoms. The summed E-state index contributed by atoms with van der Waals surface area (Å²) in [5.41, 5.74) is 3.21. The Morgan fingerprint density at radius 2 is 1.35 bits per heavy atom. The van der Waals surface area contributed by atoms with Crippen LogP contribution >= 0.6 is 23.4 Å². The summed E-state index contributed by atoms with van der Waals surface area (Å²) in [5.74, 6) is 0.959. The molecule has 4 aromatic rings. The number of imidazole rings is 1. The Morgan fingerprint density at radius 1 is 0.769 bits per heavy atom. The smallest absolute Gasteiger partial charge is 0.141 e. The zero-order valence-electron chi connectivity index (χ0n) is 14.3. The van der Waals surface area contributed by atoms with Gasteiger partial charge in [0.05, 0.1) is 0 Å². The second kappa shape index (κ2) is 7.40. The largest absolute Gasteiger partial charge is 0.322 e. The van der Waals surface area contributed by atoms with Crippen LogP contribution in [0.1, 0.15) is 0 Å². The van der Waals surface area contributed by atoms with Crippen molar-refractivity contribution in [1.82, 2.24) is 9.55 Å². The van der Waals surface area contributed by atoms with Crippen LogP contribution in [0.4, 0.5) is 0 Å². The van der Waals surface area contributed by atoms with Crippen LogP contribution in [0.3, 0.4) is 0 Å². The first kappa shape index (κ1) is 17.0. The molecule has 1 aromatic heterocycles. The molecule has 0 atom stereocenters. The number of halogens is 1. The summed E-state index contributed by atoms with van der Waals surface area (Å²) in [7, 11) is 2.07. The van der Waals surface area contributed by atoms with E-state index in [0.717, 1.165) is 37.6 Å². The van der Waals surface area contributed by atoms with Crippen LogP contribution in [0.25, 0.3) is 22.6 Å². The molecule has 3 aromatic carbocycles. The summed E-state index contributed by atoms with van der Waals surface area (Å²) >= 11 is 7.73. The van der Waals surface area contributed by atoms with E-state index in [-0.39, 0.29) is 0 Å². The molecule has 1 heterocycles. The zero-order chi connectivity index (χ0) is 17.9. The second-order valence-corrected chi connectivity index (χ2v) is 7.43. The number of nitrogens with zero attached hydrogens (tertiary/aromatic N) is 2. The first-order valence-electron chi connectivity index (χ1n) is 8.33. The Labute approximate surface area is 162 Å². The van der Waals surface area contributed by atoms with E-state index in [1.165, 1.54) is 0 Å². The van der Waals surface area contributed by atoms with E-state index in [9.17, 15) is 0 Å². The van der Waals surface area contributed by atoms with Crippen molar-refractivity contribution < 1.29 is 0 Å². The molecule has 0 aliphatic heterocycles. The van der Waals surface area contributed by atoms with E-state index < -0.39 is 0 Å². The molecule has 0 unspecified atom stereocenters. The number of aromatic nitrogens is 2. The van der Waals surface area contributed by atoms with E-state index in [0.29, 0.717) is 0 Å². The van der Waals surface area contributed by atoms with Gasteiger partial charge in [-0.1, -0.05) is 84.0 Å². The topological polar surface area (TPSA) is 17.8 Å². The SMILES string of the molecule is Cn1c(-c2ccccc2)nc(-c2ccccc2)c1Sc1ccc(Cl)cc1. The van der Waals surface area contributed by atoms with E-state index in [4.69, 9.17) is 16.6 Å². The third-order valence-corrected chi connectivity index (χ3v) is 5.57. The molecular formula is C22H17ClN2S. The molecule has 0 N–H and O–H groups in total. The average Bonchev–Trinajstić information content (AvgIpc) is 3.01. The van der Waals surface area contributed by atoms with Crippen LogP contribution < -0.4 is 0 Å². The van der Waals surface area contributed by atoms with Gasteiger partial charge in [-0.05, 0) is 24.3 Å². The first-order chi connectivity index (χ1) is 12.7. The Kier molecular flexibility index (Phi) is 4.83. The first-order valence-corrected chi connectivity index (χ1v) is 9.53. The highest BCUT2D eigenvalue weighted by molar-refractivity contribution is 7.99. The molecule has 0 aliphatic carbocycles. The predicted molar refractivity (Wildman–Crippen MR) is 110 cm³/mol. The van der Waals surface area contributed by atoms with Gasteiger partial charge >= 0.3 is 0 Å². The summed E-state index contributed by atoms with van der Waals surface area (Å²) in [6, 6.07) is 28.5. The number of hydrogen-bond donors (Lipinski definition) is 0. The Balaban J connectivity index is 1.85. The molecule has 26 heavy (non-hydrogen) atoms. The fourth-order valence-corrected chi connectivity index (χ4v) is 3.95. The lowest BCUT2D eigenvalue weighted by Crippen LogP contribution is -1.94. The predicted octanol–water partition coefficient (Wildman–Crippen LogP) is 6.56. The maximum absolute atomic E-state index is 6.03. The normalized spacial score (nSPS) is 10.8. The molecule has 0 amide bonds. The van der Waals surface area contributed by atoms with Crippen LogP contribution in [0.2, 0.25) is 5.02 Å². The molecule has 0 spiro atoms. The average molecular weight is 377 g/mol. The van der Waals surface area contributed by atoms with Crippen molar-refractivity contribution in [1.29, 1.82) is 0 Å². The lowest BCUT2D eigenvalue weighted by Gasteiger charge is -2.08. The van der Waals surface area contributed by atoms with Gasteiger partial charge in [-0.25, -0.2) is 4.98 Å². The molecular weight excluding hydrogens is 360 g/mol. The highest BCUT2D eigenvalue weighted by Crippen LogP contribution is 2.38. The molecule has 0 radical (unpaired) electrons. The van der Waals surface area contributed by atoms with Gasteiger partial charge in [0.1, 0.15) is 16.5 Å². The molecule has 2 nitrogen and oxygen atoms in total.